The molecule has 0 aromatic heterocycles. The summed E-state index contributed by atoms with van der Waals surface area (Å²) in [5.74, 6) is -1.70. The highest BCUT2D eigenvalue weighted by Gasteiger charge is 2.33. The molecule has 1 aromatic carbocycles. The van der Waals surface area contributed by atoms with Gasteiger partial charge in [-0.2, -0.15) is 0 Å². The molecular formula is C13H17F2N3O. The van der Waals surface area contributed by atoms with Gasteiger partial charge in [-0.15, -0.1) is 0 Å². The van der Waals surface area contributed by atoms with Gasteiger partial charge in [0.25, 0.3) is 0 Å². The summed E-state index contributed by atoms with van der Waals surface area (Å²) in [5, 5.41) is 16.6. The molecule has 1 fully saturated rings. The number of aliphatic hydroxyl groups excluding tert-OH is 1. The summed E-state index contributed by atoms with van der Waals surface area (Å²) in [6.45, 7) is 2.30. The van der Waals surface area contributed by atoms with E-state index in [2.05, 4.69) is 0 Å². The fourth-order valence-corrected chi connectivity index (χ4v) is 2.56. The molecule has 4 N–H and O–H groups in total. The number of nitrogen functional groups attached to an aromatic ring is 1. The van der Waals surface area contributed by atoms with E-state index in [1.54, 1.807) is 4.90 Å². The zero-order valence-electron chi connectivity index (χ0n) is 10.7. The zero-order chi connectivity index (χ0) is 14.2. The Labute approximate surface area is 110 Å². The van der Waals surface area contributed by atoms with Crippen LogP contribution in [0.25, 0.3) is 0 Å². The summed E-state index contributed by atoms with van der Waals surface area (Å²) in [4.78, 5) is 1.55. The number of anilines is 1. The van der Waals surface area contributed by atoms with Crippen LogP contribution in [0.1, 0.15) is 18.9 Å². The first-order valence-electron chi connectivity index (χ1n) is 6.16. The number of nitrogens with zero attached hydrogens (tertiary/aromatic N) is 1. The van der Waals surface area contributed by atoms with Gasteiger partial charge >= 0.3 is 0 Å². The Kier molecular flexibility index (Phi) is 3.71. The van der Waals surface area contributed by atoms with Crippen LogP contribution in [0, 0.1) is 23.0 Å². The Hall–Kier alpha value is -1.69. The minimum absolute atomic E-state index is 0.0199. The van der Waals surface area contributed by atoms with Crippen LogP contribution < -0.4 is 10.6 Å². The molecule has 2 rings (SSSR count). The molecule has 1 aliphatic heterocycles. The summed E-state index contributed by atoms with van der Waals surface area (Å²) >= 11 is 0. The molecule has 2 unspecified atom stereocenters. The van der Waals surface area contributed by atoms with E-state index in [0.29, 0.717) is 6.54 Å². The van der Waals surface area contributed by atoms with E-state index in [0.717, 1.165) is 18.6 Å². The number of benzene rings is 1. The lowest BCUT2D eigenvalue weighted by Gasteiger charge is -2.28. The molecule has 0 spiro atoms. The number of halogens is 2. The average molecular weight is 269 g/mol. The van der Waals surface area contributed by atoms with Crippen LogP contribution in [-0.4, -0.2) is 30.1 Å². The van der Waals surface area contributed by atoms with Gasteiger partial charge in [-0.05, 0) is 24.5 Å². The predicted molar refractivity (Wildman–Crippen MR) is 69.4 cm³/mol. The van der Waals surface area contributed by atoms with Crippen LogP contribution in [0.2, 0.25) is 0 Å². The van der Waals surface area contributed by atoms with Gasteiger partial charge in [0.15, 0.2) is 0 Å². The summed E-state index contributed by atoms with van der Waals surface area (Å²) in [6.07, 6.45) is 0.776. The zero-order valence-corrected chi connectivity index (χ0v) is 10.7. The maximum absolute atomic E-state index is 14.0. The molecule has 6 heteroatoms. The molecule has 0 saturated carbocycles. The SMILES string of the molecule is CC1CCN(c2c(F)cc(C(=N)N)cc2F)C1CO. The topological polar surface area (TPSA) is 73.3 Å². The first-order valence-corrected chi connectivity index (χ1v) is 6.16. The van der Waals surface area contributed by atoms with Crippen LogP contribution in [0.5, 0.6) is 0 Å². The van der Waals surface area contributed by atoms with E-state index in [1.807, 2.05) is 6.92 Å². The maximum atomic E-state index is 14.0. The fraction of sp³-hybridized carbons (Fsp3) is 0.462. The molecule has 104 valence electrons. The summed E-state index contributed by atoms with van der Waals surface area (Å²) in [5.41, 5.74) is 5.10. The highest BCUT2D eigenvalue weighted by Crippen LogP contribution is 2.33. The van der Waals surface area contributed by atoms with Crippen molar-refractivity contribution in [3.05, 3.63) is 29.3 Å². The maximum Gasteiger partial charge on any atom is 0.150 e. The number of amidine groups is 1. The summed E-state index contributed by atoms with van der Waals surface area (Å²) in [7, 11) is 0. The van der Waals surface area contributed by atoms with Gasteiger partial charge < -0.3 is 15.7 Å². The van der Waals surface area contributed by atoms with Crippen molar-refractivity contribution in [3.63, 3.8) is 0 Å². The molecule has 0 amide bonds. The second-order valence-corrected chi connectivity index (χ2v) is 4.91. The third-order valence-corrected chi connectivity index (χ3v) is 3.68. The lowest BCUT2D eigenvalue weighted by molar-refractivity contribution is 0.244. The van der Waals surface area contributed by atoms with Crippen LogP contribution in [-0.2, 0) is 0 Å². The van der Waals surface area contributed by atoms with E-state index in [1.165, 1.54) is 0 Å². The van der Waals surface area contributed by atoms with Crippen molar-refractivity contribution in [2.45, 2.75) is 19.4 Å². The number of aliphatic hydroxyl groups is 1. The van der Waals surface area contributed by atoms with Gasteiger partial charge in [-0.3, -0.25) is 5.41 Å². The monoisotopic (exact) mass is 269 g/mol. The van der Waals surface area contributed by atoms with Crippen molar-refractivity contribution in [2.75, 3.05) is 18.1 Å². The Morgan fingerprint density at radius 2 is 2.05 bits per heavy atom. The first kappa shape index (κ1) is 13.7. The predicted octanol–water partition coefficient (Wildman–Crippen LogP) is 1.46. The molecule has 19 heavy (non-hydrogen) atoms. The minimum atomic E-state index is -0.752. The van der Waals surface area contributed by atoms with Gasteiger partial charge in [0.2, 0.25) is 0 Å². The second-order valence-electron chi connectivity index (χ2n) is 4.91. The smallest absolute Gasteiger partial charge is 0.150 e. The van der Waals surface area contributed by atoms with Crippen molar-refractivity contribution >= 4 is 11.5 Å². The van der Waals surface area contributed by atoms with Crippen LogP contribution in [0.15, 0.2) is 12.1 Å². The van der Waals surface area contributed by atoms with E-state index < -0.39 is 11.6 Å². The summed E-state index contributed by atoms with van der Waals surface area (Å²) < 4.78 is 28.1. The Bertz CT molecular complexity index is 484. The van der Waals surface area contributed by atoms with Crippen LogP contribution in [0.3, 0.4) is 0 Å². The number of hydrogen-bond donors (Lipinski definition) is 3. The van der Waals surface area contributed by atoms with Crippen LogP contribution in [0.4, 0.5) is 14.5 Å². The van der Waals surface area contributed by atoms with E-state index >= 15 is 0 Å². The van der Waals surface area contributed by atoms with Crippen molar-refractivity contribution in [2.24, 2.45) is 11.7 Å². The fourth-order valence-electron chi connectivity index (χ4n) is 2.56. The first-order chi connectivity index (χ1) is 8.95. The van der Waals surface area contributed by atoms with Gasteiger partial charge in [-0.1, -0.05) is 6.92 Å². The van der Waals surface area contributed by atoms with E-state index in [9.17, 15) is 13.9 Å². The third kappa shape index (κ3) is 2.40. The lowest BCUT2D eigenvalue weighted by atomic mass is 10.0. The number of rotatable bonds is 3. The highest BCUT2D eigenvalue weighted by molar-refractivity contribution is 5.95. The van der Waals surface area contributed by atoms with E-state index in [4.69, 9.17) is 11.1 Å². The van der Waals surface area contributed by atoms with Crippen molar-refractivity contribution < 1.29 is 13.9 Å². The largest absolute Gasteiger partial charge is 0.394 e. The van der Waals surface area contributed by atoms with Crippen LogP contribution >= 0.6 is 0 Å². The molecule has 0 radical (unpaired) electrons. The molecular weight excluding hydrogens is 252 g/mol. The molecule has 1 saturated heterocycles. The highest BCUT2D eigenvalue weighted by atomic mass is 19.1. The average Bonchev–Trinajstić information content (AvgIpc) is 2.69. The minimum Gasteiger partial charge on any atom is -0.394 e. The molecule has 4 nitrogen and oxygen atoms in total. The third-order valence-electron chi connectivity index (χ3n) is 3.68. The molecule has 1 aliphatic rings. The van der Waals surface area contributed by atoms with Gasteiger partial charge in [0.1, 0.15) is 23.2 Å². The van der Waals surface area contributed by atoms with Crippen molar-refractivity contribution in [1.29, 1.82) is 5.41 Å². The number of hydrogen-bond acceptors (Lipinski definition) is 3. The summed E-state index contributed by atoms with van der Waals surface area (Å²) in [6, 6.07) is 1.82. The molecule has 0 aliphatic carbocycles. The molecule has 0 bridgehead atoms. The standard InChI is InChI=1S/C13H17F2N3O/c1-7-2-3-18(11(7)6-19)12-9(14)4-8(13(16)17)5-10(12)15/h4-5,7,11,19H,2-3,6H2,1H3,(H3,16,17). The number of nitrogens with one attached hydrogen (secondary N) is 1. The normalized spacial score (nSPS) is 22.8. The number of nitrogens with two attached hydrogens (primary N) is 1. The quantitative estimate of drug-likeness (QED) is 0.574. The van der Waals surface area contributed by atoms with E-state index in [-0.39, 0.29) is 35.7 Å². The Morgan fingerprint density at radius 1 is 1.47 bits per heavy atom. The van der Waals surface area contributed by atoms with Crippen molar-refractivity contribution in [1.82, 2.24) is 0 Å². The Morgan fingerprint density at radius 3 is 2.53 bits per heavy atom. The molecule has 1 heterocycles. The van der Waals surface area contributed by atoms with Gasteiger partial charge in [-0.25, -0.2) is 8.78 Å². The van der Waals surface area contributed by atoms with Gasteiger partial charge in [0, 0.05) is 12.1 Å². The van der Waals surface area contributed by atoms with Crippen molar-refractivity contribution in [3.8, 4) is 0 Å². The van der Waals surface area contributed by atoms with Gasteiger partial charge in [0.05, 0.1) is 12.6 Å². The lowest BCUT2D eigenvalue weighted by Crippen LogP contribution is -2.36. The molecule has 2 atom stereocenters. The second kappa shape index (κ2) is 5.13. The molecule has 1 aromatic rings. The Balaban J connectivity index is 2.43.